The molecule has 0 aliphatic carbocycles. The third-order valence-electron chi connectivity index (χ3n) is 6.99. The molecule has 0 fully saturated rings. The van der Waals surface area contributed by atoms with Crippen LogP contribution < -0.4 is 4.74 Å². The highest BCUT2D eigenvalue weighted by Crippen LogP contribution is 2.38. The summed E-state index contributed by atoms with van der Waals surface area (Å²) in [5.74, 6) is 58.4. The second-order valence-corrected chi connectivity index (χ2v) is 12.0. The van der Waals surface area contributed by atoms with Crippen LogP contribution >= 0.6 is 25.3 Å². The Morgan fingerprint density at radius 2 is 1.17 bits per heavy atom. The van der Waals surface area contributed by atoms with Gasteiger partial charge in [0, 0.05) is 79.6 Å². The minimum absolute atomic E-state index is 0. The minimum Gasteiger partial charge on any atom is -0.497 e. The number of hydrogen-bond donors (Lipinski definition) is 2. The molecule has 0 unspecified atom stereocenters. The normalized spacial score (nSPS) is 7.78. The first kappa shape index (κ1) is 53.5. The topological polar surface area (TPSA) is 58.9 Å². The summed E-state index contributed by atoms with van der Waals surface area (Å²) in [6.07, 6.45) is 12.2. The monoisotopic (exact) mass is 838 g/mol. The van der Waals surface area contributed by atoms with E-state index in [4.69, 9.17) is 16.4 Å². The van der Waals surface area contributed by atoms with Crippen LogP contribution in [0.4, 0.5) is 8.92 Å². The fraction of sp³-hybridized carbons (Fsp3) is 0.280. The largest absolute Gasteiger partial charge is 0.497 e. The van der Waals surface area contributed by atoms with Gasteiger partial charge in [-0.3, -0.25) is 0 Å². The summed E-state index contributed by atoms with van der Waals surface area (Å²) >= 11 is 1.76. The average Bonchev–Trinajstić information content (AvgIpc) is 3.22. The Bertz CT molecular complexity index is 2400. The van der Waals surface area contributed by atoms with E-state index in [-0.39, 0.29) is 52.7 Å². The van der Waals surface area contributed by atoms with Gasteiger partial charge in [-0.25, -0.2) is 9.65 Å². The first-order chi connectivity index (χ1) is 27.9. The summed E-state index contributed by atoms with van der Waals surface area (Å²) in [6.45, 7) is 6.30. The zero-order chi connectivity index (χ0) is 42.1. The number of ether oxygens (including phenoxy) is 1. The molecular formula is C50H72F2O4S2. The Labute approximate surface area is 378 Å². The molecule has 0 heterocycles. The number of thioether (sulfide) groups is 1. The van der Waals surface area contributed by atoms with E-state index >= 15 is 0 Å². The van der Waals surface area contributed by atoms with Crippen molar-refractivity contribution in [1.29, 1.82) is 0 Å². The number of halogens is 2. The van der Waals surface area contributed by atoms with Crippen LogP contribution in [-0.4, -0.2) is 29.8 Å². The maximum atomic E-state index is 14.0. The Morgan fingerprint density at radius 3 is 1.57 bits per heavy atom. The first-order valence-corrected chi connectivity index (χ1v) is 18.3. The van der Waals surface area contributed by atoms with Gasteiger partial charge in [0.15, 0.2) is 0 Å². The number of aliphatic hydroxyl groups is 1. The number of hydrogen-bond acceptors (Lipinski definition) is 5. The second kappa shape index (κ2) is 38.7. The third kappa shape index (κ3) is 28.8. The van der Waals surface area contributed by atoms with Crippen LogP contribution in [0.15, 0.2) is 47.4 Å². The molecule has 58 heavy (non-hydrogen) atoms. The molecule has 322 valence electrons. The molecule has 2 aromatic carbocycles. The lowest BCUT2D eigenvalue weighted by Gasteiger charge is -2.32. The van der Waals surface area contributed by atoms with Gasteiger partial charge in [0.2, 0.25) is 0 Å². The van der Waals surface area contributed by atoms with Gasteiger partial charge in [-0.15, -0.1) is 18.2 Å². The van der Waals surface area contributed by atoms with Crippen LogP contribution in [0, 0.1) is 154 Å². The Hall–Kier alpha value is -6.60. The van der Waals surface area contributed by atoms with E-state index in [0.717, 1.165) is 66.0 Å². The number of methoxy groups -OCH3 is 1. The number of rotatable bonds is 13. The molecule has 4 nitrogen and oxygen atoms in total. The number of aliphatic hydroxyl groups excluding tert-OH is 1. The Balaban J connectivity index is -0.0000000452. The second-order valence-electron chi connectivity index (χ2n) is 11.0. The smallest absolute Gasteiger partial charge is 0.123 e. The zero-order valence-electron chi connectivity index (χ0n) is 32.9. The van der Waals surface area contributed by atoms with E-state index in [1.807, 2.05) is 30.3 Å². The summed E-state index contributed by atoms with van der Waals surface area (Å²) < 4.78 is 28.7. The third-order valence-corrected chi connectivity index (χ3v) is 8.46. The molecular weight excluding hydrogens is 767 g/mol. The number of terminal acetylenes is 1. The van der Waals surface area contributed by atoms with Crippen molar-refractivity contribution in [3.63, 3.8) is 0 Å². The standard InChI is InChI=1S/C25H35FO2S.C25H4.FHO2.H2S.15H2/c1-4-6-13-25(18-27,14-7-5-2)19-29-24-12-11-22(26)17-21(24)15-20-9-8-10-23(16-20)28-3;1-3-5-7-9-11-13-15-17-19-21-23-25-24-22-20-18-16-14-12-10-8-6-4-2;1-3-2;;;;;;;;;;;;;;;;/h8-12,16-17,27H,4-7,13-15,18-19H2,1-3H3;1H,2H3;2H;1H2;15*1H. The summed E-state index contributed by atoms with van der Waals surface area (Å²) in [5, 5.41) is 18.4. The molecule has 0 atom stereocenters. The molecule has 0 saturated heterocycles. The van der Waals surface area contributed by atoms with Gasteiger partial charge in [-0.1, -0.05) is 57.6 Å². The van der Waals surface area contributed by atoms with Gasteiger partial charge < -0.3 is 9.84 Å². The fourth-order valence-electron chi connectivity index (χ4n) is 4.33. The minimum atomic E-state index is -0.211. The molecule has 0 aromatic heterocycles. The number of unbranched alkanes of at least 4 members (excludes halogenated alkanes) is 2. The predicted molar refractivity (Wildman–Crippen MR) is 268 cm³/mol. The molecule has 0 aliphatic rings. The maximum Gasteiger partial charge on any atom is 0.123 e. The molecule has 0 bridgehead atoms. The molecule has 0 amide bonds. The van der Waals surface area contributed by atoms with E-state index in [1.54, 1.807) is 37.0 Å². The highest BCUT2D eigenvalue weighted by atomic mass is 32.2. The fourth-order valence-corrected chi connectivity index (χ4v) is 5.65. The molecule has 8 heteroatoms. The van der Waals surface area contributed by atoms with Crippen LogP contribution in [0.3, 0.4) is 0 Å². The Morgan fingerprint density at radius 1 is 0.724 bits per heavy atom. The lowest BCUT2D eigenvalue weighted by Crippen LogP contribution is -2.28. The van der Waals surface area contributed by atoms with Crippen LogP contribution in [-0.2, 0) is 11.5 Å². The van der Waals surface area contributed by atoms with Gasteiger partial charge in [0.05, 0.1) is 7.11 Å². The van der Waals surface area contributed by atoms with E-state index in [9.17, 15) is 14.0 Å². The van der Waals surface area contributed by atoms with E-state index in [0.29, 0.717) is 6.42 Å². The van der Waals surface area contributed by atoms with Gasteiger partial charge in [0.25, 0.3) is 0 Å². The first-order valence-electron chi connectivity index (χ1n) is 17.3. The van der Waals surface area contributed by atoms with Crippen molar-refractivity contribution in [3.05, 3.63) is 59.4 Å². The summed E-state index contributed by atoms with van der Waals surface area (Å²) in [5.41, 5.74) is 2.03. The molecule has 2 aromatic rings. The van der Waals surface area contributed by atoms with Crippen molar-refractivity contribution in [2.75, 3.05) is 19.5 Å². The van der Waals surface area contributed by atoms with Gasteiger partial charge >= 0.3 is 0 Å². The van der Waals surface area contributed by atoms with E-state index in [2.05, 4.69) is 150 Å². The zero-order valence-corrected chi connectivity index (χ0v) is 34.7. The average molecular weight is 839 g/mol. The Kier molecular flexibility index (Phi) is 35.7. The van der Waals surface area contributed by atoms with Crippen LogP contribution in [0.25, 0.3) is 0 Å². The van der Waals surface area contributed by atoms with Crippen LogP contribution in [0.1, 0.15) is 91.8 Å². The molecule has 0 saturated carbocycles. The van der Waals surface area contributed by atoms with Crippen molar-refractivity contribution < 1.29 is 50.5 Å². The van der Waals surface area contributed by atoms with E-state index < -0.39 is 0 Å². The maximum absolute atomic E-state index is 14.0. The highest BCUT2D eigenvalue weighted by Gasteiger charge is 2.28. The van der Waals surface area contributed by atoms with Gasteiger partial charge in [-0.05, 0) is 172 Å². The summed E-state index contributed by atoms with van der Waals surface area (Å²) in [4.78, 5) is 1.10. The van der Waals surface area contributed by atoms with Crippen molar-refractivity contribution in [2.45, 2.75) is 70.6 Å². The quantitative estimate of drug-likeness (QED) is 0.0911. The van der Waals surface area contributed by atoms with Gasteiger partial charge in [-0.2, -0.15) is 13.5 Å². The lowest BCUT2D eigenvalue weighted by atomic mass is 9.81. The molecule has 0 radical (unpaired) electrons. The summed E-state index contributed by atoms with van der Waals surface area (Å²) in [7, 11) is 1.66. The number of benzene rings is 2. The van der Waals surface area contributed by atoms with Crippen molar-refractivity contribution in [2.24, 2.45) is 5.41 Å². The van der Waals surface area contributed by atoms with Crippen molar-refractivity contribution >= 4 is 25.3 Å². The summed E-state index contributed by atoms with van der Waals surface area (Å²) in [6, 6.07) is 13.0. The van der Waals surface area contributed by atoms with Gasteiger partial charge in [0.1, 0.15) is 11.6 Å². The van der Waals surface area contributed by atoms with Crippen molar-refractivity contribution in [3.8, 4) is 148 Å². The van der Waals surface area contributed by atoms with Crippen LogP contribution in [0.5, 0.6) is 5.75 Å². The molecule has 0 spiro atoms. The molecule has 0 aliphatic heterocycles. The predicted octanol–water partition coefficient (Wildman–Crippen LogP) is 11.7. The molecule has 2 rings (SSSR count). The molecule has 2 N–H and O–H groups in total. The lowest BCUT2D eigenvalue weighted by molar-refractivity contribution is -0.397. The SMILES string of the molecule is C#CC#CC#CC#CC#CC#CC#CC#CC#CC#CC#CC#CC.CCCCC(CO)(CCCC)CSc1ccc(F)cc1Cc1cccc(OC)c1.OOF.S.[HH].[HH].[HH].[HH].[HH].[HH].[HH].[HH].[HH].[HH].[HH].[HH].[HH].[HH].[HH]. The van der Waals surface area contributed by atoms with Crippen molar-refractivity contribution in [1.82, 2.24) is 0 Å². The van der Waals surface area contributed by atoms with Crippen LogP contribution in [0.2, 0.25) is 0 Å². The highest BCUT2D eigenvalue weighted by molar-refractivity contribution is 7.99. The van der Waals surface area contributed by atoms with E-state index in [1.165, 1.54) is 6.07 Å².